The van der Waals surface area contributed by atoms with Crippen LogP contribution in [0.1, 0.15) is 12.0 Å². The Balaban J connectivity index is 1.85. The zero-order chi connectivity index (χ0) is 17.8. The molecule has 0 atom stereocenters. The average Bonchev–Trinajstić information content (AvgIpc) is 2.99. The summed E-state index contributed by atoms with van der Waals surface area (Å²) >= 11 is 0. The second-order valence-electron chi connectivity index (χ2n) is 5.77. The van der Waals surface area contributed by atoms with Crippen molar-refractivity contribution in [2.45, 2.75) is 12.8 Å². The van der Waals surface area contributed by atoms with E-state index in [-0.39, 0.29) is 31.1 Å². The van der Waals surface area contributed by atoms with E-state index in [0.717, 1.165) is 16.5 Å². The van der Waals surface area contributed by atoms with Gasteiger partial charge in [-0.05, 0) is 35.9 Å². The van der Waals surface area contributed by atoms with E-state index in [9.17, 15) is 14.0 Å². The molecule has 3 aromatic rings. The van der Waals surface area contributed by atoms with E-state index < -0.39 is 5.91 Å². The van der Waals surface area contributed by atoms with Crippen LogP contribution in [0, 0.1) is 5.82 Å². The van der Waals surface area contributed by atoms with E-state index in [0.29, 0.717) is 5.69 Å². The fourth-order valence-corrected chi connectivity index (χ4v) is 2.78. The Labute approximate surface area is 144 Å². The predicted octanol–water partition coefficient (Wildman–Crippen LogP) is 2.76. The van der Waals surface area contributed by atoms with Gasteiger partial charge >= 0.3 is 0 Å². The minimum atomic E-state index is -0.494. The van der Waals surface area contributed by atoms with Crippen LogP contribution >= 0.6 is 0 Å². The number of aromatic amines is 1. The quantitative estimate of drug-likeness (QED) is 0.724. The lowest BCUT2D eigenvalue weighted by Gasteiger charge is -2.22. The van der Waals surface area contributed by atoms with Crippen molar-refractivity contribution in [1.82, 2.24) is 4.98 Å². The Morgan fingerprint density at radius 1 is 1.08 bits per heavy atom. The lowest BCUT2D eigenvalue weighted by Crippen LogP contribution is -2.35. The van der Waals surface area contributed by atoms with E-state index in [2.05, 4.69) is 4.98 Å². The minimum Gasteiger partial charge on any atom is -0.370 e. The van der Waals surface area contributed by atoms with Gasteiger partial charge in [-0.15, -0.1) is 0 Å². The number of hydrogen-bond acceptors (Lipinski definition) is 2. The molecule has 0 aliphatic heterocycles. The number of carbonyl (C=O) groups excluding carboxylic acids is 2. The Kier molecular flexibility index (Phi) is 4.79. The third kappa shape index (κ3) is 3.85. The fourth-order valence-electron chi connectivity index (χ4n) is 2.78. The number of aromatic nitrogens is 1. The largest absolute Gasteiger partial charge is 0.370 e. The summed E-state index contributed by atoms with van der Waals surface area (Å²) in [6.07, 6.45) is 2.01. The van der Waals surface area contributed by atoms with Crippen molar-refractivity contribution in [2.75, 3.05) is 11.4 Å². The van der Waals surface area contributed by atoms with Crippen LogP contribution in [0.25, 0.3) is 10.9 Å². The molecule has 0 aliphatic carbocycles. The van der Waals surface area contributed by atoms with Crippen LogP contribution in [-0.4, -0.2) is 23.3 Å². The van der Waals surface area contributed by atoms with Gasteiger partial charge in [0.15, 0.2) is 0 Å². The standard InChI is InChI=1S/C19H18FN3O2/c20-14-5-7-15(8-6-14)23(10-9-18(21)24)19(25)11-13-12-22-17-4-2-1-3-16(13)17/h1-8,12,22H,9-11H2,(H2,21,24). The second-order valence-corrected chi connectivity index (χ2v) is 5.77. The number of H-pyrrole nitrogens is 1. The highest BCUT2D eigenvalue weighted by atomic mass is 19.1. The maximum Gasteiger partial charge on any atom is 0.231 e. The van der Waals surface area contributed by atoms with Crippen molar-refractivity contribution >= 4 is 28.4 Å². The van der Waals surface area contributed by atoms with Crippen molar-refractivity contribution in [2.24, 2.45) is 5.73 Å². The Hall–Kier alpha value is -3.15. The van der Waals surface area contributed by atoms with Crippen LogP contribution in [0.3, 0.4) is 0 Å². The Bertz CT molecular complexity index is 902. The summed E-state index contributed by atoms with van der Waals surface area (Å²) in [5.74, 6) is -1.06. The number of nitrogens with zero attached hydrogens (tertiary/aromatic N) is 1. The topological polar surface area (TPSA) is 79.2 Å². The predicted molar refractivity (Wildman–Crippen MR) is 94.6 cm³/mol. The molecule has 6 heteroatoms. The first-order valence-corrected chi connectivity index (χ1v) is 7.94. The lowest BCUT2D eigenvalue weighted by molar-refractivity contribution is -0.118. The molecule has 0 radical (unpaired) electrons. The number of carbonyl (C=O) groups is 2. The van der Waals surface area contributed by atoms with Gasteiger partial charge in [0.1, 0.15) is 5.82 Å². The number of hydrogen-bond donors (Lipinski definition) is 2. The monoisotopic (exact) mass is 339 g/mol. The van der Waals surface area contributed by atoms with Crippen molar-refractivity contribution in [3.63, 3.8) is 0 Å². The highest BCUT2D eigenvalue weighted by Gasteiger charge is 2.18. The number of para-hydroxylation sites is 1. The Morgan fingerprint density at radius 2 is 1.80 bits per heavy atom. The fraction of sp³-hybridized carbons (Fsp3) is 0.158. The molecule has 0 fully saturated rings. The van der Waals surface area contributed by atoms with Gasteiger partial charge in [0.05, 0.1) is 6.42 Å². The number of fused-ring (bicyclic) bond motifs is 1. The zero-order valence-corrected chi connectivity index (χ0v) is 13.5. The van der Waals surface area contributed by atoms with Gasteiger partial charge in [0.25, 0.3) is 0 Å². The van der Waals surface area contributed by atoms with Crippen LogP contribution in [0.5, 0.6) is 0 Å². The summed E-state index contributed by atoms with van der Waals surface area (Å²) in [5.41, 5.74) is 7.57. The van der Waals surface area contributed by atoms with Crippen molar-refractivity contribution in [3.8, 4) is 0 Å². The number of nitrogens with two attached hydrogens (primary N) is 1. The summed E-state index contributed by atoms with van der Waals surface area (Å²) in [6, 6.07) is 13.3. The van der Waals surface area contributed by atoms with E-state index in [1.54, 1.807) is 6.20 Å². The molecule has 5 nitrogen and oxygen atoms in total. The third-order valence-electron chi connectivity index (χ3n) is 4.04. The summed E-state index contributed by atoms with van der Waals surface area (Å²) in [4.78, 5) is 28.5. The average molecular weight is 339 g/mol. The number of anilines is 1. The molecule has 0 unspecified atom stereocenters. The maximum absolute atomic E-state index is 13.2. The maximum atomic E-state index is 13.2. The minimum absolute atomic E-state index is 0.0387. The van der Waals surface area contributed by atoms with Gasteiger partial charge in [-0.1, -0.05) is 18.2 Å². The molecule has 0 spiro atoms. The van der Waals surface area contributed by atoms with Crippen LogP contribution in [0.4, 0.5) is 10.1 Å². The van der Waals surface area contributed by atoms with Crippen LogP contribution in [0.15, 0.2) is 54.7 Å². The van der Waals surface area contributed by atoms with Gasteiger partial charge in [0.2, 0.25) is 11.8 Å². The van der Waals surface area contributed by atoms with Gasteiger partial charge in [-0.25, -0.2) is 4.39 Å². The first-order valence-electron chi connectivity index (χ1n) is 7.94. The molecule has 128 valence electrons. The lowest BCUT2D eigenvalue weighted by atomic mass is 10.1. The number of amides is 2. The highest BCUT2D eigenvalue weighted by Crippen LogP contribution is 2.21. The van der Waals surface area contributed by atoms with E-state index in [1.807, 2.05) is 24.3 Å². The smallest absolute Gasteiger partial charge is 0.231 e. The molecule has 25 heavy (non-hydrogen) atoms. The second kappa shape index (κ2) is 7.17. The molecule has 0 bridgehead atoms. The zero-order valence-electron chi connectivity index (χ0n) is 13.5. The van der Waals surface area contributed by atoms with Gasteiger partial charge in [0, 0.05) is 35.8 Å². The van der Waals surface area contributed by atoms with E-state index in [1.165, 1.54) is 29.2 Å². The van der Waals surface area contributed by atoms with E-state index in [4.69, 9.17) is 5.73 Å². The first-order chi connectivity index (χ1) is 12.0. The van der Waals surface area contributed by atoms with Gasteiger partial charge in [-0.2, -0.15) is 0 Å². The van der Waals surface area contributed by atoms with Crippen LogP contribution in [-0.2, 0) is 16.0 Å². The van der Waals surface area contributed by atoms with Crippen molar-refractivity contribution < 1.29 is 14.0 Å². The SMILES string of the molecule is NC(=O)CCN(C(=O)Cc1c[nH]c2ccccc12)c1ccc(F)cc1. The molecule has 1 aromatic heterocycles. The molecule has 1 heterocycles. The number of nitrogens with one attached hydrogen (secondary N) is 1. The summed E-state index contributed by atoms with van der Waals surface area (Å²) < 4.78 is 13.2. The molecule has 0 saturated carbocycles. The molecule has 3 rings (SSSR count). The van der Waals surface area contributed by atoms with Gasteiger partial charge in [-0.3, -0.25) is 9.59 Å². The first kappa shape index (κ1) is 16.7. The molecular weight excluding hydrogens is 321 g/mol. The van der Waals surface area contributed by atoms with E-state index >= 15 is 0 Å². The van der Waals surface area contributed by atoms with Crippen LogP contribution in [0.2, 0.25) is 0 Å². The Morgan fingerprint density at radius 3 is 2.52 bits per heavy atom. The molecule has 3 N–H and O–H groups in total. The van der Waals surface area contributed by atoms with Crippen LogP contribution < -0.4 is 10.6 Å². The molecular formula is C19H18FN3O2. The molecule has 2 amide bonds. The van der Waals surface area contributed by atoms with Gasteiger partial charge < -0.3 is 15.6 Å². The molecule has 0 saturated heterocycles. The number of halogens is 1. The highest BCUT2D eigenvalue weighted by molar-refractivity contribution is 5.98. The number of rotatable bonds is 6. The van der Waals surface area contributed by atoms with Crippen molar-refractivity contribution in [1.29, 1.82) is 0 Å². The summed E-state index contributed by atoms with van der Waals surface area (Å²) in [6.45, 7) is 0.155. The molecule has 0 aliphatic rings. The normalized spacial score (nSPS) is 10.8. The number of primary amides is 1. The number of benzene rings is 2. The third-order valence-corrected chi connectivity index (χ3v) is 4.04. The van der Waals surface area contributed by atoms with Crippen molar-refractivity contribution in [3.05, 3.63) is 66.1 Å². The summed E-state index contributed by atoms with van der Waals surface area (Å²) in [7, 11) is 0. The summed E-state index contributed by atoms with van der Waals surface area (Å²) in [5, 5.41) is 0.977. The molecule has 2 aromatic carbocycles.